The van der Waals surface area contributed by atoms with E-state index in [1.165, 1.54) is 0 Å². The predicted molar refractivity (Wildman–Crippen MR) is 92.6 cm³/mol. The van der Waals surface area contributed by atoms with Crippen molar-refractivity contribution in [1.29, 1.82) is 0 Å². The number of hydrogen-bond donors (Lipinski definition) is 0. The molecule has 0 radical (unpaired) electrons. The Bertz CT molecular complexity index is 834. The molecule has 0 bridgehead atoms. The lowest BCUT2D eigenvalue weighted by Gasteiger charge is -2.39. The van der Waals surface area contributed by atoms with Crippen LogP contribution in [0.5, 0.6) is 0 Å². The summed E-state index contributed by atoms with van der Waals surface area (Å²) in [5, 5.41) is 4.09. The van der Waals surface area contributed by atoms with Gasteiger partial charge in [0.1, 0.15) is 4.88 Å². The van der Waals surface area contributed by atoms with Gasteiger partial charge in [0.05, 0.1) is 17.8 Å². The van der Waals surface area contributed by atoms with Crippen LogP contribution in [0.15, 0.2) is 24.3 Å². The number of esters is 1. The Hall–Kier alpha value is -2.28. The summed E-state index contributed by atoms with van der Waals surface area (Å²) in [6.07, 6.45) is 3.19. The first-order valence-corrected chi connectivity index (χ1v) is 9.35. The van der Waals surface area contributed by atoms with E-state index in [0.717, 1.165) is 48.5 Å². The van der Waals surface area contributed by atoms with Gasteiger partial charge in [0, 0.05) is 12.1 Å². The molecule has 0 saturated carbocycles. The molecule has 1 unspecified atom stereocenters. The highest BCUT2D eigenvalue weighted by atomic mass is 32.1. The summed E-state index contributed by atoms with van der Waals surface area (Å²) in [6.45, 7) is 3.10. The molecule has 6 nitrogen and oxygen atoms in total. The predicted octanol–water partition coefficient (Wildman–Crippen LogP) is 2.79. The number of ether oxygens (including phenoxy) is 1. The van der Waals surface area contributed by atoms with Crippen LogP contribution in [0.2, 0.25) is 0 Å². The quantitative estimate of drug-likeness (QED) is 0.790. The third-order valence-electron chi connectivity index (χ3n) is 4.90. The molecule has 0 N–H and O–H groups in total. The zero-order valence-electron chi connectivity index (χ0n) is 14.0. The Kier molecular flexibility index (Phi) is 4.03. The Morgan fingerprint density at radius 2 is 2.24 bits per heavy atom. The van der Waals surface area contributed by atoms with E-state index in [0.29, 0.717) is 23.5 Å². The summed E-state index contributed by atoms with van der Waals surface area (Å²) in [5.41, 5.74) is 1.56. The first-order valence-electron chi connectivity index (χ1n) is 8.58. The topological polar surface area (TPSA) is 72.4 Å². The van der Waals surface area contributed by atoms with E-state index in [1.807, 2.05) is 18.2 Å². The van der Waals surface area contributed by atoms with Crippen molar-refractivity contribution in [2.75, 3.05) is 13.1 Å². The van der Waals surface area contributed by atoms with Crippen molar-refractivity contribution in [3.63, 3.8) is 0 Å². The van der Waals surface area contributed by atoms with Crippen molar-refractivity contribution in [1.82, 2.24) is 14.5 Å². The lowest BCUT2D eigenvalue weighted by atomic mass is 9.85. The zero-order chi connectivity index (χ0) is 17.4. The second kappa shape index (κ2) is 6.22. The van der Waals surface area contributed by atoms with Gasteiger partial charge in [0.15, 0.2) is 5.60 Å². The number of piperidine rings is 1. The molecule has 2 aliphatic rings. The van der Waals surface area contributed by atoms with Crippen LogP contribution < -0.4 is 0 Å². The maximum absolute atomic E-state index is 13.0. The summed E-state index contributed by atoms with van der Waals surface area (Å²) in [7, 11) is 0. The van der Waals surface area contributed by atoms with Crippen molar-refractivity contribution in [2.24, 2.45) is 0 Å². The second-order valence-corrected chi connectivity index (χ2v) is 7.31. The molecule has 7 heteroatoms. The highest BCUT2D eigenvalue weighted by Gasteiger charge is 2.49. The van der Waals surface area contributed by atoms with Crippen LogP contribution in [0.3, 0.4) is 0 Å². The number of carbonyl (C=O) groups is 2. The number of amides is 1. The summed E-state index contributed by atoms with van der Waals surface area (Å²) in [6, 6.07) is 7.48. The number of rotatable bonds is 3. The highest BCUT2D eigenvalue weighted by Crippen LogP contribution is 2.43. The second-order valence-electron chi connectivity index (χ2n) is 6.56. The molecule has 1 aromatic carbocycles. The molecule has 25 heavy (non-hydrogen) atoms. The number of aromatic nitrogens is 2. The lowest BCUT2D eigenvalue weighted by Crippen LogP contribution is -2.48. The number of nitrogens with zero attached hydrogens (tertiary/aromatic N) is 3. The summed E-state index contributed by atoms with van der Waals surface area (Å²) in [5.74, 6) is -0.353. The van der Waals surface area contributed by atoms with Crippen molar-refractivity contribution in [3.8, 4) is 0 Å². The molecule has 1 amide bonds. The molecule has 2 aliphatic heterocycles. The number of carbonyl (C=O) groups excluding carboxylic acids is 2. The van der Waals surface area contributed by atoms with E-state index in [-0.39, 0.29) is 11.9 Å². The number of aryl methyl sites for hydroxylation is 1. The number of likely N-dealkylation sites (tertiary alicyclic amines) is 1. The number of fused-ring (bicyclic) bond motifs is 2. The van der Waals surface area contributed by atoms with Gasteiger partial charge in [-0.15, -0.1) is 5.10 Å². The van der Waals surface area contributed by atoms with Crippen molar-refractivity contribution in [2.45, 2.75) is 38.2 Å². The van der Waals surface area contributed by atoms with Gasteiger partial charge in [-0.25, -0.2) is 4.79 Å². The van der Waals surface area contributed by atoms with E-state index < -0.39 is 5.60 Å². The van der Waals surface area contributed by atoms with Crippen molar-refractivity contribution < 1.29 is 14.3 Å². The summed E-state index contributed by atoms with van der Waals surface area (Å²) >= 11 is 1.15. The standard InChI is InChI=1S/C18H19N3O3S/c1-2-6-14-15(25-20-19-14)16(22)21-10-5-9-18(11-21)13-8-4-3-7-12(13)17(23)24-18/h3-4,7-8H,2,5-6,9-11H2,1H3. The number of hydrogen-bond acceptors (Lipinski definition) is 6. The van der Waals surface area contributed by atoms with Gasteiger partial charge in [0.2, 0.25) is 0 Å². The van der Waals surface area contributed by atoms with E-state index in [4.69, 9.17) is 4.74 Å². The third kappa shape index (κ3) is 2.63. The van der Waals surface area contributed by atoms with Crippen LogP contribution in [-0.4, -0.2) is 39.5 Å². The van der Waals surface area contributed by atoms with Crippen LogP contribution >= 0.6 is 11.5 Å². The molecule has 130 valence electrons. The summed E-state index contributed by atoms with van der Waals surface area (Å²) in [4.78, 5) is 27.6. The average molecular weight is 357 g/mol. The zero-order valence-corrected chi connectivity index (χ0v) is 14.8. The largest absolute Gasteiger partial charge is 0.449 e. The molecule has 1 spiro atoms. The molecule has 2 aromatic rings. The van der Waals surface area contributed by atoms with Crippen LogP contribution in [0.1, 0.15) is 57.5 Å². The molecule has 1 atom stereocenters. The fourth-order valence-electron chi connectivity index (χ4n) is 3.76. The number of benzene rings is 1. The first kappa shape index (κ1) is 16.2. The Balaban J connectivity index is 1.63. The van der Waals surface area contributed by atoms with Gasteiger partial charge >= 0.3 is 5.97 Å². The molecule has 3 heterocycles. The van der Waals surface area contributed by atoms with Gasteiger partial charge in [-0.3, -0.25) is 4.79 Å². The maximum Gasteiger partial charge on any atom is 0.339 e. The van der Waals surface area contributed by atoms with Crippen molar-refractivity contribution >= 4 is 23.4 Å². The van der Waals surface area contributed by atoms with E-state index in [2.05, 4.69) is 16.5 Å². The van der Waals surface area contributed by atoms with Crippen LogP contribution in [0.25, 0.3) is 0 Å². The van der Waals surface area contributed by atoms with Gasteiger partial charge in [0.25, 0.3) is 5.91 Å². The molecule has 1 fully saturated rings. The highest BCUT2D eigenvalue weighted by molar-refractivity contribution is 7.08. The molecule has 1 aromatic heterocycles. The van der Waals surface area contributed by atoms with Gasteiger partial charge in [-0.05, 0) is 36.9 Å². The molecular formula is C18H19N3O3S. The van der Waals surface area contributed by atoms with Gasteiger partial charge < -0.3 is 9.64 Å². The first-order chi connectivity index (χ1) is 12.1. The molecule has 1 saturated heterocycles. The Labute approximate surface area is 150 Å². The Morgan fingerprint density at radius 3 is 3.08 bits per heavy atom. The minimum absolute atomic E-state index is 0.0574. The van der Waals surface area contributed by atoms with Gasteiger partial charge in [-0.2, -0.15) is 0 Å². The van der Waals surface area contributed by atoms with E-state index in [9.17, 15) is 9.59 Å². The van der Waals surface area contributed by atoms with E-state index >= 15 is 0 Å². The smallest absolute Gasteiger partial charge is 0.339 e. The van der Waals surface area contributed by atoms with Crippen LogP contribution in [0, 0.1) is 0 Å². The maximum atomic E-state index is 13.0. The SMILES string of the molecule is CCCc1nnsc1C(=O)N1CCCC2(C1)OC(=O)c1ccccc12. The average Bonchev–Trinajstić information content (AvgIpc) is 3.19. The van der Waals surface area contributed by atoms with E-state index in [1.54, 1.807) is 11.0 Å². The lowest BCUT2D eigenvalue weighted by molar-refractivity contribution is -0.0441. The normalized spacial score (nSPS) is 22.1. The molecular weight excluding hydrogens is 338 g/mol. The monoisotopic (exact) mass is 357 g/mol. The fraction of sp³-hybridized carbons (Fsp3) is 0.444. The minimum atomic E-state index is -0.718. The van der Waals surface area contributed by atoms with Gasteiger partial charge in [-0.1, -0.05) is 36.0 Å². The molecule has 4 rings (SSSR count). The van der Waals surface area contributed by atoms with Crippen LogP contribution in [0.4, 0.5) is 0 Å². The molecule has 0 aliphatic carbocycles. The van der Waals surface area contributed by atoms with Crippen molar-refractivity contribution in [3.05, 3.63) is 46.0 Å². The Morgan fingerprint density at radius 1 is 1.40 bits per heavy atom. The minimum Gasteiger partial charge on any atom is -0.449 e. The summed E-state index contributed by atoms with van der Waals surface area (Å²) < 4.78 is 9.73. The fourth-order valence-corrected chi connectivity index (χ4v) is 4.44. The third-order valence-corrected chi connectivity index (χ3v) is 5.66. The van der Waals surface area contributed by atoms with Crippen LogP contribution in [-0.2, 0) is 16.8 Å².